The third kappa shape index (κ3) is 6.30. The molecule has 1 amide bonds. The van der Waals surface area contributed by atoms with Crippen molar-refractivity contribution in [3.63, 3.8) is 0 Å². The second kappa shape index (κ2) is 10.8. The van der Waals surface area contributed by atoms with E-state index in [9.17, 15) is 9.59 Å². The van der Waals surface area contributed by atoms with E-state index >= 15 is 0 Å². The molecule has 1 heterocycles. The van der Waals surface area contributed by atoms with Gasteiger partial charge in [0.2, 0.25) is 5.91 Å². The molecule has 0 aliphatic rings. The van der Waals surface area contributed by atoms with Crippen molar-refractivity contribution >= 4 is 18.1 Å². The molecule has 7 heteroatoms. The fourth-order valence-electron chi connectivity index (χ4n) is 2.83. The van der Waals surface area contributed by atoms with E-state index in [2.05, 4.69) is 10.5 Å². The largest absolute Gasteiger partial charge is 0.494 e. The summed E-state index contributed by atoms with van der Waals surface area (Å²) in [4.78, 5) is 23.8. The molecular formula is C24H24N2O5. The van der Waals surface area contributed by atoms with E-state index in [4.69, 9.17) is 13.9 Å². The Hall–Kier alpha value is -3.87. The van der Waals surface area contributed by atoms with Crippen LogP contribution in [0.5, 0.6) is 5.75 Å². The molecule has 0 radical (unpaired) electrons. The summed E-state index contributed by atoms with van der Waals surface area (Å²) < 4.78 is 16.1. The average Bonchev–Trinajstić information content (AvgIpc) is 3.24. The summed E-state index contributed by atoms with van der Waals surface area (Å²) in [5.74, 6) is 1.29. The maximum atomic E-state index is 12.0. The van der Waals surface area contributed by atoms with Crippen molar-refractivity contribution in [3.8, 4) is 17.1 Å². The summed E-state index contributed by atoms with van der Waals surface area (Å²) in [7, 11) is 0. The first-order valence-electron chi connectivity index (χ1n) is 10.00. The van der Waals surface area contributed by atoms with Gasteiger partial charge in [-0.1, -0.05) is 24.3 Å². The van der Waals surface area contributed by atoms with E-state index in [0.717, 1.165) is 16.9 Å². The van der Waals surface area contributed by atoms with Gasteiger partial charge in [-0.25, -0.2) is 10.2 Å². The van der Waals surface area contributed by atoms with Crippen molar-refractivity contribution in [1.29, 1.82) is 0 Å². The summed E-state index contributed by atoms with van der Waals surface area (Å²) in [5, 5.41) is 3.95. The molecule has 1 N–H and O–H groups in total. The number of furan rings is 1. The van der Waals surface area contributed by atoms with Crippen molar-refractivity contribution in [2.45, 2.75) is 20.3 Å². The van der Waals surface area contributed by atoms with Gasteiger partial charge in [-0.2, -0.15) is 5.10 Å². The smallest absolute Gasteiger partial charge is 0.338 e. The van der Waals surface area contributed by atoms with Gasteiger partial charge in [0.25, 0.3) is 0 Å². The molecule has 0 saturated carbocycles. The van der Waals surface area contributed by atoms with Gasteiger partial charge in [0, 0.05) is 5.56 Å². The number of hydrogen-bond donors (Lipinski definition) is 1. The van der Waals surface area contributed by atoms with Gasteiger partial charge >= 0.3 is 5.97 Å². The average molecular weight is 420 g/mol. The molecule has 0 unspecified atom stereocenters. The van der Waals surface area contributed by atoms with Gasteiger partial charge in [0.05, 0.1) is 31.4 Å². The van der Waals surface area contributed by atoms with Gasteiger partial charge in [-0.3, -0.25) is 4.79 Å². The van der Waals surface area contributed by atoms with Crippen LogP contribution in [0.15, 0.2) is 70.2 Å². The number of nitrogens with zero attached hydrogens (tertiary/aromatic N) is 1. The normalized spacial score (nSPS) is 10.8. The number of carbonyl (C=O) groups is 2. The highest BCUT2D eigenvalue weighted by molar-refractivity contribution is 5.90. The Morgan fingerprint density at radius 3 is 2.39 bits per heavy atom. The third-order valence-electron chi connectivity index (χ3n) is 4.29. The maximum absolute atomic E-state index is 12.0. The Balaban J connectivity index is 1.53. The van der Waals surface area contributed by atoms with Gasteiger partial charge < -0.3 is 13.9 Å². The fraction of sp³-hybridized carbons (Fsp3) is 0.208. The Kier molecular flexibility index (Phi) is 7.59. The summed E-state index contributed by atoms with van der Waals surface area (Å²) in [6.07, 6.45) is 1.65. The second-order valence-electron chi connectivity index (χ2n) is 6.55. The third-order valence-corrected chi connectivity index (χ3v) is 4.29. The molecule has 0 saturated heterocycles. The minimum atomic E-state index is -0.359. The lowest BCUT2D eigenvalue weighted by Gasteiger charge is -2.04. The number of ether oxygens (including phenoxy) is 2. The van der Waals surface area contributed by atoms with Gasteiger partial charge in [-0.15, -0.1) is 0 Å². The number of carbonyl (C=O) groups excluding carboxylic acids is 2. The van der Waals surface area contributed by atoms with Crippen LogP contribution < -0.4 is 10.2 Å². The standard InChI is InChI=1S/C24H24N2O5/c1-3-29-20-11-5-17(6-12-20)15-23(27)26-25-16-21-13-14-22(31-21)18-7-9-19(10-8-18)24(28)30-4-2/h5-14,16H,3-4,15H2,1-2H3,(H,26,27)/b25-16-. The first kappa shape index (κ1) is 21.8. The molecule has 31 heavy (non-hydrogen) atoms. The number of hydrogen-bond acceptors (Lipinski definition) is 6. The zero-order valence-corrected chi connectivity index (χ0v) is 17.5. The van der Waals surface area contributed by atoms with Gasteiger partial charge in [0.1, 0.15) is 17.3 Å². The minimum absolute atomic E-state index is 0.208. The van der Waals surface area contributed by atoms with Crippen LogP contribution in [-0.4, -0.2) is 31.3 Å². The quantitative estimate of drug-likeness (QED) is 0.318. The van der Waals surface area contributed by atoms with Crippen molar-refractivity contribution < 1.29 is 23.5 Å². The predicted octanol–water partition coefficient (Wildman–Crippen LogP) is 4.21. The van der Waals surface area contributed by atoms with Crippen LogP contribution in [0.1, 0.15) is 35.5 Å². The van der Waals surface area contributed by atoms with Crippen molar-refractivity contribution in [1.82, 2.24) is 5.43 Å². The number of rotatable bonds is 9. The number of amides is 1. The first-order chi connectivity index (χ1) is 15.1. The molecule has 0 spiro atoms. The summed E-state index contributed by atoms with van der Waals surface area (Å²) >= 11 is 0. The number of hydrazone groups is 1. The van der Waals surface area contributed by atoms with E-state index in [1.54, 1.807) is 43.3 Å². The van der Waals surface area contributed by atoms with Crippen LogP contribution in [0.3, 0.4) is 0 Å². The highest BCUT2D eigenvalue weighted by Gasteiger charge is 2.08. The molecule has 7 nitrogen and oxygen atoms in total. The van der Waals surface area contributed by atoms with Gasteiger partial charge in [-0.05, 0) is 55.8 Å². The van der Waals surface area contributed by atoms with Crippen molar-refractivity contribution in [2.75, 3.05) is 13.2 Å². The molecule has 2 aromatic carbocycles. The molecule has 1 aromatic heterocycles. The predicted molar refractivity (Wildman–Crippen MR) is 117 cm³/mol. The summed E-state index contributed by atoms with van der Waals surface area (Å²) in [5.41, 5.74) is 4.64. The van der Waals surface area contributed by atoms with E-state index in [-0.39, 0.29) is 18.3 Å². The molecule has 0 fully saturated rings. The van der Waals surface area contributed by atoms with Crippen LogP contribution in [0, 0.1) is 0 Å². The van der Waals surface area contributed by atoms with E-state index in [0.29, 0.717) is 30.3 Å². The van der Waals surface area contributed by atoms with E-state index < -0.39 is 0 Å². The zero-order chi connectivity index (χ0) is 22.1. The molecule has 3 aromatic rings. The Morgan fingerprint density at radius 2 is 1.71 bits per heavy atom. The molecule has 3 rings (SSSR count). The molecule has 160 valence electrons. The first-order valence-corrected chi connectivity index (χ1v) is 10.00. The monoisotopic (exact) mass is 420 g/mol. The maximum Gasteiger partial charge on any atom is 0.338 e. The number of benzene rings is 2. The lowest BCUT2D eigenvalue weighted by molar-refractivity contribution is -0.120. The van der Waals surface area contributed by atoms with Crippen molar-refractivity contribution in [3.05, 3.63) is 77.6 Å². The summed E-state index contributed by atoms with van der Waals surface area (Å²) in [6, 6.07) is 17.8. The lowest BCUT2D eigenvalue weighted by Crippen LogP contribution is -2.19. The SMILES string of the molecule is CCOC(=O)c1ccc(-c2ccc(/C=N\NC(=O)Cc3ccc(OCC)cc3)o2)cc1. The molecule has 0 aliphatic heterocycles. The Bertz CT molecular complexity index is 1040. The van der Waals surface area contributed by atoms with Crippen LogP contribution in [0.25, 0.3) is 11.3 Å². The highest BCUT2D eigenvalue weighted by atomic mass is 16.5. The van der Waals surface area contributed by atoms with Crippen LogP contribution in [0.2, 0.25) is 0 Å². The molecule has 0 aliphatic carbocycles. The topological polar surface area (TPSA) is 90.1 Å². The second-order valence-corrected chi connectivity index (χ2v) is 6.55. The minimum Gasteiger partial charge on any atom is -0.494 e. The fourth-order valence-corrected chi connectivity index (χ4v) is 2.83. The summed E-state index contributed by atoms with van der Waals surface area (Å²) in [6.45, 7) is 4.62. The van der Waals surface area contributed by atoms with Crippen LogP contribution in [0.4, 0.5) is 0 Å². The molecule has 0 atom stereocenters. The van der Waals surface area contributed by atoms with Crippen LogP contribution >= 0.6 is 0 Å². The molecule has 0 bridgehead atoms. The Morgan fingerprint density at radius 1 is 0.968 bits per heavy atom. The van der Waals surface area contributed by atoms with E-state index in [1.807, 2.05) is 31.2 Å². The van der Waals surface area contributed by atoms with Gasteiger partial charge in [0.15, 0.2) is 0 Å². The highest BCUT2D eigenvalue weighted by Crippen LogP contribution is 2.22. The zero-order valence-electron chi connectivity index (χ0n) is 17.5. The number of nitrogens with one attached hydrogen (secondary N) is 1. The Labute approximate surface area is 180 Å². The van der Waals surface area contributed by atoms with E-state index in [1.165, 1.54) is 6.21 Å². The molecular weight excluding hydrogens is 396 g/mol. The number of esters is 1. The van der Waals surface area contributed by atoms with Crippen LogP contribution in [-0.2, 0) is 16.0 Å². The lowest BCUT2D eigenvalue weighted by atomic mass is 10.1. The van der Waals surface area contributed by atoms with Crippen molar-refractivity contribution in [2.24, 2.45) is 5.10 Å².